The van der Waals surface area contributed by atoms with Gasteiger partial charge in [-0.1, -0.05) is 5.16 Å². The fraction of sp³-hybridized carbons (Fsp3) is 0.368. The highest BCUT2D eigenvalue weighted by molar-refractivity contribution is 5.92. The topological polar surface area (TPSA) is 99.5 Å². The Morgan fingerprint density at radius 1 is 1.30 bits per heavy atom. The minimum atomic E-state index is -4.57. The van der Waals surface area contributed by atoms with Crippen LogP contribution in [0.15, 0.2) is 29.0 Å². The molecule has 11 heteroatoms. The van der Waals surface area contributed by atoms with Gasteiger partial charge < -0.3 is 19.1 Å². The lowest BCUT2D eigenvalue weighted by molar-refractivity contribution is -0.181. The summed E-state index contributed by atoms with van der Waals surface area (Å²) >= 11 is 0. The van der Waals surface area contributed by atoms with E-state index >= 15 is 0 Å². The number of anilines is 1. The molecule has 156 valence electrons. The van der Waals surface area contributed by atoms with Gasteiger partial charge in [0.05, 0.1) is 23.7 Å². The molecular weight excluding hydrogens is 401 g/mol. The van der Waals surface area contributed by atoms with E-state index in [9.17, 15) is 18.0 Å². The highest BCUT2D eigenvalue weighted by atomic mass is 19.4. The monoisotopic (exact) mass is 418 g/mol. The Morgan fingerprint density at radius 3 is 2.70 bits per heavy atom. The molecule has 1 aliphatic rings. The third-order valence-electron chi connectivity index (χ3n) is 5.24. The van der Waals surface area contributed by atoms with Crippen molar-refractivity contribution in [3.05, 3.63) is 36.0 Å². The summed E-state index contributed by atoms with van der Waals surface area (Å²) in [7, 11) is 0. The summed E-state index contributed by atoms with van der Waals surface area (Å²) in [6, 6.07) is 3.55. The van der Waals surface area contributed by atoms with Crippen LogP contribution in [-0.4, -0.2) is 44.6 Å². The van der Waals surface area contributed by atoms with E-state index in [0.29, 0.717) is 11.4 Å². The van der Waals surface area contributed by atoms with Gasteiger partial charge in [0.15, 0.2) is 12.0 Å². The number of nitriles is 1. The van der Waals surface area contributed by atoms with Crippen LogP contribution >= 0.6 is 0 Å². The van der Waals surface area contributed by atoms with E-state index in [4.69, 9.17) is 9.78 Å². The third kappa shape index (κ3) is 3.45. The third-order valence-corrected chi connectivity index (χ3v) is 5.24. The number of aromatic nitrogens is 3. The summed E-state index contributed by atoms with van der Waals surface area (Å²) in [4.78, 5) is 17.7. The van der Waals surface area contributed by atoms with E-state index in [1.807, 2.05) is 13.0 Å². The molecule has 0 unspecified atom stereocenters. The number of amides is 1. The molecule has 0 radical (unpaired) electrons. The SMILES string of the molecule is Cc1noc(C)c1-c1ccc2nc(NC(=O)[C@@H]3CN(C#N)C[C@H]3C(F)(F)F)cn2c1. The van der Waals surface area contributed by atoms with Gasteiger partial charge in [0.25, 0.3) is 0 Å². The van der Waals surface area contributed by atoms with Crippen molar-refractivity contribution in [1.82, 2.24) is 19.4 Å². The average molecular weight is 418 g/mol. The number of rotatable bonds is 3. The number of hydrogen-bond acceptors (Lipinski definition) is 6. The van der Waals surface area contributed by atoms with Crippen LogP contribution in [-0.2, 0) is 4.79 Å². The maximum absolute atomic E-state index is 13.3. The van der Waals surface area contributed by atoms with Crippen LogP contribution in [0.4, 0.5) is 19.0 Å². The van der Waals surface area contributed by atoms with Gasteiger partial charge in [0.1, 0.15) is 11.4 Å². The lowest BCUT2D eigenvalue weighted by atomic mass is 9.94. The highest BCUT2D eigenvalue weighted by Crippen LogP contribution is 2.38. The van der Waals surface area contributed by atoms with Crippen molar-refractivity contribution in [1.29, 1.82) is 5.26 Å². The number of likely N-dealkylation sites (tertiary alicyclic amines) is 1. The molecule has 1 amide bonds. The van der Waals surface area contributed by atoms with Crippen LogP contribution in [0.2, 0.25) is 0 Å². The molecule has 2 atom stereocenters. The second kappa shape index (κ2) is 7.05. The molecule has 1 fully saturated rings. The van der Waals surface area contributed by atoms with Crippen LogP contribution in [0.5, 0.6) is 0 Å². The van der Waals surface area contributed by atoms with Gasteiger partial charge in [-0.25, -0.2) is 4.98 Å². The molecule has 4 heterocycles. The number of nitrogens with one attached hydrogen (secondary N) is 1. The summed E-state index contributed by atoms with van der Waals surface area (Å²) in [5.74, 6) is -3.31. The first-order chi connectivity index (χ1) is 14.2. The van der Waals surface area contributed by atoms with Gasteiger partial charge in [0.2, 0.25) is 5.91 Å². The Bertz CT molecular complexity index is 1140. The fourth-order valence-corrected chi connectivity index (χ4v) is 3.80. The van der Waals surface area contributed by atoms with Crippen molar-refractivity contribution >= 4 is 17.4 Å². The fourth-order valence-electron chi connectivity index (χ4n) is 3.80. The number of hydrogen-bond donors (Lipinski definition) is 1. The van der Waals surface area contributed by atoms with Crippen molar-refractivity contribution < 1.29 is 22.5 Å². The summed E-state index contributed by atoms with van der Waals surface area (Å²) in [6.45, 7) is 2.81. The zero-order valence-electron chi connectivity index (χ0n) is 16.1. The van der Waals surface area contributed by atoms with Crippen LogP contribution in [0.3, 0.4) is 0 Å². The molecule has 1 saturated heterocycles. The van der Waals surface area contributed by atoms with Gasteiger partial charge in [-0.15, -0.1) is 0 Å². The number of carbonyl (C=O) groups excluding carboxylic acids is 1. The molecule has 1 N–H and O–H groups in total. The van der Waals surface area contributed by atoms with Crippen molar-refractivity contribution in [3.8, 4) is 17.3 Å². The Morgan fingerprint density at radius 2 is 2.07 bits per heavy atom. The van der Waals surface area contributed by atoms with Crippen molar-refractivity contribution in [2.45, 2.75) is 20.0 Å². The van der Waals surface area contributed by atoms with Crippen molar-refractivity contribution in [3.63, 3.8) is 0 Å². The van der Waals surface area contributed by atoms with Gasteiger partial charge in [0, 0.05) is 30.4 Å². The second-order valence-electron chi connectivity index (χ2n) is 7.26. The maximum Gasteiger partial charge on any atom is 0.394 e. The normalized spacial score (nSPS) is 19.3. The molecular formula is C19H17F3N6O2. The molecule has 3 aromatic rings. The molecule has 4 rings (SSSR count). The Balaban J connectivity index is 1.58. The molecule has 0 spiro atoms. The molecule has 3 aromatic heterocycles. The Hall–Kier alpha value is -3.55. The molecule has 30 heavy (non-hydrogen) atoms. The molecule has 8 nitrogen and oxygen atoms in total. The minimum absolute atomic E-state index is 0.132. The van der Waals surface area contributed by atoms with Crippen molar-refractivity contribution in [2.24, 2.45) is 11.8 Å². The quantitative estimate of drug-likeness (QED) is 0.656. The second-order valence-corrected chi connectivity index (χ2v) is 7.26. The number of alkyl halides is 3. The minimum Gasteiger partial charge on any atom is -0.361 e. The van der Waals surface area contributed by atoms with E-state index in [-0.39, 0.29) is 12.4 Å². The average Bonchev–Trinajstić information content (AvgIpc) is 3.37. The number of nitrogens with zero attached hydrogens (tertiary/aromatic N) is 5. The van der Waals surface area contributed by atoms with Crippen LogP contribution < -0.4 is 5.32 Å². The number of aryl methyl sites for hydroxylation is 2. The summed E-state index contributed by atoms with van der Waals surface area (Å²) in [6.07, 6.45) is 0.408. The van der Waals surface area contributed by atoms with Gasteiger partial charge in [-0.2, -0.15) is 18.4 Å². The molecule has 0 saturated carbocycles. The van der Waals surface area contributed by atoms with E-state index < -0.39 is 30.5 Å². The van der Waals surface area contributed by atoms with Gasteiger partial charge in [-0.05, 0) is 26.0 Å². The predicted octanol–water partition coefficient (Wildman–Crippen LogP) is 3.14. The highest BCUT2D eigenvalue weighted by Gasteiger charge is 2.52. The van der Waals surface area contributed by atoms with Gasteiger partial charge >= 0.3 is 6.18 Å². The van der Waals surface area contributed by atoms with Crippen LogP contribution in [0.1, 0.15) is 11.5 Å². The van der Waals surface area contributed by atoms with Gasteiger partial charge in [-0.3, -0.25) is 4.79 Å². The zero-order chi connectivity index (χ0) is 21.6. The molecule has 0 aromatic carbocycles. The predicted molar refractivity (Wildman–Crippen MR) is 99.0 cm³/mol. The smallest absolute Gasteiger partial charge is 0.361 e. The standard InChI is InChI=1S/C19H17F3N6O2/c1-10-17(11(2)30-26-10)12-3-4-16-24-15(8-28(16)5-12)25-18(29)13-6-27(9-23)7-14(13)19(20,21)22/h3-5,8,13-14H,6-7H2,1-2H3,(H,25,29)/t13-,14-/m1/s1. The van der Waals surface area contributed by atoms with Crippen molar-refractivity contribution in [2.75, 3.05) is 18.4 Å². The summed E-state index contributed by atoms with van der Waals surface area (Å²) in [5.41, 5.74) is 2.90. The number of imidazole rings is 1. The molecule has 0 aliphatic carbocycles. The maximum atomic E-state index is 13.3. The zero-order valence-corrected chi connectivity index (χ0v) is 16.1. The summed E-state index contributed by atoms with van der Waals surface area (Å²) in [5, 5.41) is 15.3. The first-order valence-corrected chi connectivity index (χ1v) is 9.11. The van der Waals surface area contributed by atoms with E-state index in [1.54, 1.807) is 29.8 Å². The van der Waals surface area contributed by atoms with E-state index in [2.05, 4.69) is 15.5 Å². The number of halogens is 3. The molecule has 1 aliphatic heterocycles. The Kier molecular flexibility index (Phi) is 4.64. The lowest BCUT2D eigenvalue weighted by Crippen LogP contribution is -2.36. The van der Waals surface area contributed by atoms with Crippen LogP contribution in [0.25, 0.3) is 16.8 Å². The Labute approximate surface area is 168 Å². The largest absolute Gasteiger partial charge is 0.394 e. The first-order valence-electron chi connectivity index (χ1n) is 9.11. The number of carbonyl (C=O) groups is 1. The molecule has 0 bridgehead atoms. The first kappa shape index (κ1) is 19.8. The lowest BCUT2D eigenvalue weighted by Gasteiger charge is -2.19. The summed E-state index contributed by atoms with van der Waals surface area (Å²) < 4.78 is 46.7. The van der Waals surface area contributed by atoms with E-state index in [1.165, 1.54) is 6.20 Å². The number of fused-ring (bicyclic) bond motifs is 1. The van der Waals surface area contributed by atoms with E-state index in [0.717, 1.165) is 21.7 Å². The van der Waals surface area contributed by atoms with Crippen LogP contribution in [0, 0.1) is 37.1 Å². The number of pyridine rings is 1.